The lowest BCUT2D eigenvalue weighted by Crippen LogP contribution is -1.98. The van der Waals surface area contributed by atoms with E-state index in [4.69, 9.17) is 0 Å². The molecule has 2 heterocycles. The van der Waals surface area contributed by atoms with Crippen molar-refractivity contribution < 1.29 is 5.11 Å². The van der Waals surface area contributed by atoms with Crippen LogP contribution in [0.25, 0.3) is 0 Å². The monoisotopic (exact) mass is 253 g/mol. The second-order valence-electron chi connectivity index (χ2n) is 3.82. The summed E-state index contributed by atoms with van der Waals surface area (Å²) in [6.45, 7) is 3.94. The summed E-state index contributed by atoms with van der Waals surface area (Å²) < 4.78 is 0. The molecule has 4 heteroatoms. The summed E-state index contributed by atoms with van der Waals surface area (Å²) in [6, 6.07) is 4.16. The lowest BCUT2D eigenvalue weighted by Gasteiger charge is -2.07. The molecule has 1 unspecified atom stereocenters. The summed E-state index contributed by atoms with van der Waals surface area (Å²) in [5.74, 6) is 0. The van der Waals surface area contributed by atoms with Gasteiger partial charge in [0.05, 0.1) is 21.7 Å². The molecule has 2 rings (SSSR count). The molecule has 2 aromatic heterocycles. The van der Waals surface area contributed by atoms with Crippen LogP contribution in [0.3, 0.4) is 0 Å². The second kappa shape index (κ2) is 5.08. The van der Waals surface area contributed by atoms with Gasteiger partial charge in [0.1, 0.15) is 0 Å². The zero-order valence-corrected chi connectivity index (χ0v) is 11.1. The molecule has 1 atom stereocenters. The summed E-state index contributed by atoms with van der Waals surface area (Å²) >= 11 is 3.35. The predicted octanol–water partition coefficient (Wildman–Crippen LogP) is 3.49. The number of thiazole rings is 1. The summed E-state index contributed by atoms with van der Waals surface area (Å²) in [6.07, 6.45) is 1.35. The Balaban J connectivity index is 1.98. The molecule has 86 valence electrons. The van der Waals surface area contributed by atoms with Crippen LogP contribution in [0, 0.1) is 13.8 Å². The van der Waals surface area contributed by atoms with E-state index in [9.17, 15) is 5.11 Å². The molecule has 16 heavy (non-hydrogen) atoms. The van der Waals surface area contributed by atoms with Gasteiger partial charge in [-0.15, -0.1) is 22.7 Å². The molecule has 0 spiro atoms. The van der Waals surface area contributed by atoms with E-state index in [1.165, 1.54) is 4.88 Å². The van der Waals surface area contributed by atoms with Crippen LogP contribution >= 0.6 is 22.7 Å². The topological polar surface area (TPSA) is 33.1 Å². The maximum atomic E-state index is 10.1. The zero-order chi connectivity index (χ0) is 11.5. The Morgan fingerprint density at radius 2 is 2.25 bits per heavy atom. The van der Waals surface area contributed by atoms with Crippen molar-refractivity contribution in [3.05, 3.63) is 38.0 Å². The Hall–Kier alpha value is -0.710. The van der Waals surface area contributed by atoms with E-state index in [0.29, 0.717) is 0 Å². The molecule has 0 bridgehead atoms. The van der Waals surface area contributed by atoms with Gasteiger partial charge in [-0.2, -0.15) is 0 Å². The number of rotatable bonds is 4. The van der Waals surface area contributed by atoms with E-state index < -0.39 is 0 Å². The molecule has 2 aromatic rings. The summed E-state index contributed by atoms with van der Waals surface area (Å²) in [4.78, 5) is 6.69. The molecule has 2 nitrogen and oxygen atoms in total. The number of aryl methyl sites for hydroxylation is 3. The first-order valence-corrected chi connectivity index (χ1v) is 7.01. The lowest BCUT2D eigenvalue weighted by atomic mass is 10.1. The van der Waals surface area contributed by atoms with Gasteiger partial charge >= 0.3 is 0 Å². The highest BCUT2D eigenvalue weighted by molar-refractivity contribution is 7.11. The van der Waals surface area contributed by atoms with Crippen LogP contribution in [0.4, 0.5) is 0 Å². The zero-order valence-electron chi connectivity index (χ0n) is 9.43. The van der Waals surface area contributed by atoms with Crippen molar-refractivity contribution in [3.63, 3.8) is 0 Å². The molecule has 0 radical (unpaired) electrons. The molecule has 0 aliphatic rings. The number of nitrogens with zero attached hydrogens (tertiary/aromatic N) is 1. The van der Waals surface area contributed by atoms with Crippen LogP contribution in [0.1, 0.15) is 33.0 Å². The van der Waals surface area contributed by atoms with Crippen molar-refractivity contribution in [1.82, 2.24) is 4.98 Å². The fraction of sp³-hybridized carbons (Fsp3) is 0.417. The molecular weight excluding hydrogens is 238 g/mol. The normalized spacial score (nSPS) is 12.9. The number of aliphatic hydroxyl groups is 1. The average Bonchev–Trinajstić information content (AvgIpc) is 2.84. The van der Waals surface area contributed by atoms with E-state index in [-0.39, 0.29) is 6.10 Å². The average molecular weight is 253 g/mol. The highest BCUT2D eigenvalue weighted by atomic mass is 32.1. The fourth-order valence-corrected chi connectivity index (χ4v) is 3.39. The van der Waals surface area contributed by atoms with Crippen LogP contribution < -0.4 is 0 Å². The first-order valence-electron chi connectivity index (χ1n) is 5.31. The van der Waals surface area contributed by atoms with Gasteiger partial charge in [-0.1, -0.05) is 6.07 Å². The van der Waals surface area contributed by atoms with E-state index in [1.807, 2.05) is 13.8 Å². The van der Waals surface area contributed by atoms with Crippen molar-refractivity contribution in [2.45, 2.75) is 32.8 Å². The Morgan fingerprint density at radius 1 is 1.44 bits per heavy atom. The van der Waals surface area contributed by atoms with Crippen molar-refractivity contribution >= 4 is 22.7 Å². The highest BCUT2D eigenvalue weighted by Crippen LogP contribution is 2.28. The van der Waals surface area contributed by atoms with Crippen molar-refractivity contribution in [3.8, 4) is 0 Å². The van der Waals surface area contributed by atoms with Gasteiger partial charge in [0, 0.05) is 4.88 Å². The number of aromatic nitrogens is 1. The molecule has 0 aromatic carbocycles. The quantitative estimate of drug-likeness (QED) is 0.905. The van der Waals surface area contributed by atoms with E-state index >= 15 is 0 Å². The highest BCUT2D eigenvalue weighted by Gasteiger charge is 2.14. The van der Waals surface area contributed by atoms with Gasteiger partial charge in [0.15, 0.2) is 0 Å². The van der Waals surface area contributed by atoms with Gasteiger partial charge < -0.3 is 5.11 Å². The molecule has 0 amide bonds. The van der Waals surface area contributed by atoms with E-state index in [2.05, 4.69) is 22.5 Å². The molecule has 0 fully saturated rings. The Labute approximate surface area is 104 Å². The fourth-order valence-electron chi connectivity index (χ4n) is 1.72. The number of thiophene rings is 1. The number of hydrogen-bond acceptors (Lipinski definition) is 4. The largest absolute Gasteiger partial charge is 0.387 e. The van der Waals surface area contributed by atoms with Crippen LogP contribution in [-0.4, -0.2) is 10.1 Å². The minimum atomic E-state index is -0.367. The van der Waals surface area contributed by atoms with Crippen LogP contribution in [0.5, 0.6) is 0 Å². The molecular formula is C12H15NOS2. The SMILES string of the molecule is Cc1nc(C)c(C(O)CCc2cccs2)s1. The molecule has 0 aliphatic heterocycles. The first kappa shape index (κ1) is 11.8. The molecule has 0 aliphatic carbocycles. The van der Waals surface area contributed by atoms with Crippen LogP contribution in [0.2, 0.25) is 0 Å². The summed E-state index contributed by atoms with van der Waals surface area (Å²) in [5, 5.41) is 13.2. The number of aliphatic hydroxyl groups excluding tert-OH is 1. The third-order valence-electron chi connectivity index (χ3n) is 2.49. The smallest absolute Gasteiger partial charge is 0.0904 e. The van der Waals surface area contributed by atoms with Crippen molar-refractivity contribution in [2.24, 2.45) is 0 Å². The summed E-state index contributed by atoms with van der Waals surface area (Å²) in [7, 11) is 0. The van der Waals surface area contributed by atoms with E-state index in [1.54, 1.807) is 22.7 Å². The van der Waals surface area contributed by atoms with E-state index in [0.717, 1.165) is 28.4 Å². The second-order valence-corrected chi connectivity index (χ2v) is 6.08. The van der Waals surface area contributed by atoms with Gasteiger partial charge in [-0.3, -0.25) is 0 Å². The van der Waals surface area contributed by atoms with Crippen LogP contribution in [0.15, 0.2) is 17.5 Å². The van der Waals surface area contributed by atoms with Crippen molar-refractivity contribution in [1.29, 1.82) is 0 Å². The number of hydrogen-bond donors (Lipinski definition) is 1. The Kier molecular flexibility index (Phi) is 3.74. The van der Waals surface area contributed by atoms with Gasteiger partial charge in [-0.05, 0) is 38.1 Å². The third-order valence-corrected chi connectivity index (χ3v) is 4.60. The van der Waals surface area contributed by atoms with Gasteiger partial charge in [-0.25, -0.2) is 4.98 Å². The van der Waals surface area contributed by atoms with Gasteiger partial charge in [0.25, 0.3) is 0 Å². The minimum Gasteiger partial charge on any atom is -0.387 e. The standard InChI is InChI=1S/C12H15NOS2/c1-8-12(16-9(2)13-8)11(14)6-5-10-4-3-7-15-10/h3-4,7,11,14H,5-6H2,1-2H3. The van der Waals surface area contributed by atoms with Crippen LogP contribution in [-0.2, 0) is 6.42 Å². The maximum Gasteiger partial charge on any atom is 0.0904 e. The first-order chi connectivity index (χ1) is 7.66. The lowest BCUT2D eigenvalue weighted by molar-refractivity contribution is 0.171. The van der Waals surface area contributed by atoms with Gasteiger partial charge in [0.2, 0.25) is 0 Å². The third kappa shape index (κ3) is 2.70. The Bertz CT molecular complexity index is 448. The Morgan fingerprint density at radius 3 is 2.81 bits per heavy atom. The molecule has 0 saturated heterocycles. The maximum absolute atomic E-state index is 10.1. The predicted molar refractivity (Wildman–Crippen MR) is 69.2 cm³/mol. The minimum absolute atomic E-state index is 0.367. The molecule has 0 saturated carbocycles. The summed E-state index contributed by atoms with van der Waals surface area (Å²) in [5.41, 5.74) is 0.973. The molecule has 1 N–H and O–H groups in total. The van der Waals surface area contributed by atoms with Crippen molar-refractivity contribution in [2.75, 3.05) is 0 Å².